The first-order valence-corrected chi connectivity index (χ1v) is 27.3. The molecule has 1 unspecified atom stereocenters. The molecule has 5 N–H and O–H groups in total. The Labute approximate surface area is 482 Å². The van der Waals surface area contributed by atoms with E-state index in [4.69, 9.17) is 49.2 Å². The number of aromatic nitrogens is 2. The molecule has 0 bridgehead atoms. The fourth-order valence-corrected chi connectivity index (χ4v) is 9.07. The third-order valence-electron chi connectivity index (χ3n) is 13.3. The molecule has 83 heavy (non-hydrogen) atoms. The largest absolute Gasteiger partial charge is 0.491 e. The molecule has 2 aliphatic heterocycles. The molecule has 26 nitrogen and oxygen atoms in total. The second-order valence-corrected chi connectivity index (χ2v) is 19.9. The number of oxazole rings is 1. The number of carbonyl (C=O) groups excluding carboxylic acids is 8. The Morgan fingerprint density at radius 1 is 0.855 bits per heavy atom. The maximum Gasteiger partial charge on any atom is 0.415 e. The average molecular weight is 1170 g/mol. The smallest absolute Gasteiger partial charge is 0.415 e. The SMILES string of the molecule is COCCOc1ccc2[nH]c(C(=O)N3CC(CCl)c4c3cc(OC(=O)N(CCOCCO)CCN(C)C(=O)OCc3ccc(NC(=O)[C@H](C)NC(=O)[C@@H](NC(=O)OCCOCCN5C(=O)C=CC5=O)C(C)C)cc3)c3oc(C)nc43)cc2c1. The molecule has 0 fully saturated rings. The highest BCUT2D eigenvalue weighted by atomic mass is 35.5. The Hall–Kier alpha value is -8.30. The maximum atomic E-state index is 14.4. The van der Waals surface area contributed by atoms with Crippen LogP contribution >= 0.6 is 11.6 Å². The van der Waals surface area contributed by atoms with Gasteiger partial charge in [0, 0.05) is 99.4 Å². The van der Waals surface area contributed by atoms with Gasteiger partial charge in [-0.3, -0.25) is 28.9 Å². The van der Waals surface area contributed by atoms with E-state index in [0.717, 1.165) is 15.8 Å². The molecule has 27 heteroatoms. The van der Waals surface area contributed by atoms with Crippen molar-refractivity contribution >= 4 is 92.8 Å². The summed E-state index contributed by atoms with van der Waals surface area (Å²) in [4.78, 5) is 117. The number of nitrogens with one attached hydrogen (secondary N) is 4. The number of aliphatic hydroxyl groups excluding tert-OH is 1. The summed E-state index contributed by atoms with van der Waals surface area (Å²) in [6.45, 7) is 6.99. The number of aryl methyl sites for hydroxylation is 1. The molecule has 7 rings (SSSR count). The number of methoxy groups -OCH3 is 1. The molecule has 3 aromatic carbocycles. The van der Waals surface area contributed by atoms with Crippen molar-refractivity contribution < 1.29 is 81.0 Å². The summed E-state index contributed by atoms with van der Waals surface area (Å²) in [6, 6.07) is 13.1. The number of alkyl carbamates (subject to hydrolysis) is 1. The molecule has 0 spiro atoms. The quantitative estimate of drug-likeness (QED) is 0.0243. The predicted octanol–water partition coefficient (Wildman–Crippen LogP) is 4.84. The van der Waals surface area contributed by atoms with Crippen LogP contribution in [0.4, 0.5) is 25.8 Å². The summed E-state index contributed by atoms with van der Waals surface area (Å²) in [5.74, 6) is -2.09. The van der Waals surface area contributed by atoms with Crippen LogP contribution in [0.25, 0.3) is 22.0 Å². The molecule has 0 aliphatic carbocycles. The molecular formula is C56H68ClN9O17. The van der Waals surface area contributed by atoms with Crippen LogP contribution in [0.15, 0.2) is 71.2 Å². The van der Waals surface area contributed by atoms with E-state index in [1.807, 2.05) is 12.1 Å². The minimum absolute atomic E-state index is 0.00116. The van der Waals surface area contributed by atoms with Crippen molar-refractivity contribution in [2.45, 2.75) is 52.3 Å². The van der Waals surface area contributed by atoms with Gasteiger partial charge in [0.05, 0.1) is 51.9 Å². The number of fused-ring (bicyclic) bond motifs is 4. The molecule has 0 radical (unpaired) electrons. The average Bonchev–Trinajstić information content (AvgIpc) is 4.45. The Bertz CT molecular complexity index is 3150. The van der Waals surface area contributed by atoms with E-state index >= 15 is 0 Å². The highest BCUT2D eigenvalue weighted by Gasteiger charge is 2.38. The van der Waals surface area contributed by atoms with Gasteiger partial charge in [0.15, 0.2) is 17.2 Å². The van der Waals surface area contributed by atoms with Gasteiger partial charge in [-0.1, -0.05) is 26.0 Å². The lowest BCUT2D eigenvalue weighted by Gasteiger charge is -2.25. The van der Waals surface area contributed by atoms with Crippen LogP contribution in [0.2, 0.25) is 0 Å². The van der Waals surface area contributed by atoms with Gasteiger partial charge in [-0.2, -0.15) is 0 Å². The van der Waals surface area contributed by atoms with E-state index in [-0.39, 0.29) is 120 Å². The molecule has 0 saturated heterocycles. The van der Waals surface area contributed by atoms with Crippen LogP contribution in [0, 0.1) is 12.8 Å². The van der Waals surface area contributed by atoms with Gasteiger partial charge in [0.1, 0.15) is 48.9 Å². The number of benzene rings is 3. The monoisotopic (exact) mass is 1170 g/mol. The molecule has 5 aromatic rings. The molecular weight excluding hydrogens is 1110 g/mol. The maximum absolute atomic E-state index is 14.4. The van der Waals surface area contributed by atoms with E-state index < -0.39 is 54.0 Å². The number of amides is 8. The van der Waals surface area contributed by atoms with Crippen molar-refractivity contribution in [3.05, 3.63) is 89.5 Å². The number of rotatable bonds is 29. The standard InChI is InChI=1S/C56H68ClN9O17/c1-33(2)48(62-54(73)80-26-24-78-21-18-65-45(68)13-14-46(65)69)52(71)58-34(3)51(70)60-39-9-7-36(8-10-39)32-81-55(74)63(5)15-16-64(17-20-77-22-19-67)56(75)83-44-29-43-47(49-50(44)82-35(4)59-49)38(30-57)31-66(43)53(72)42-28-37-27-40(79-25-23-76-6)11-12-41(37)61-42/h7-14,27-29,33-34,38,48,61,67H,15-26,30-32H2,1-6H3,(H,58,71)(H,60,70)(H,62,73)/t34-,38?,48-/m0/s1. The van der Waals surface area contributed by atoms with Crippen LogP contribution in [0.3, 0.4) is 0 Å². The molecule has 446 valence electrons. The van der Waals surface area contributed by atoms with Gasteiger partial charge in [0.25, 0.3) is 17.7 Å². The molecule has 0 saturated carbocycles. The Balaban J connectivity index is 0.900. The predicted molar refractivity (Wildman–Crippen MR) is 300 cm³/mol. The van der Waals surface area contributed by atoms with Crippen molar-refractivity contribution in [3.8, 4) is 11.5 Å². The number of hydrogen-bond donors (Lipinski definition) is 5. The minimum Gasteiger partial charge on any atom is -0.491 e. The molecule has 2 aliphatic rings. The molecule has 2 aromatic heterocycles. The van der Waals surface area contributed by atoms with E-state index in [1.54, 1.807) is 75.2 Å². The Morgan fingerprint density at radius 3 is 2.31 bits per heavy atom. The summed E-state index contributed by atoms with van der Waals surface area (Å²) in [7, 11) is 3.08. The number of anilines is 2. The first-order valence-electron chi connectivity index (χ1n) is 26.7. The summed E-state index contributed by atoms with van der Waals surface area (Å²) < 4.78 is 44.4. The summed E-state index contributed by atoms with van der Waals surface area (Å²) >= 11 is 6.53. The number of ether oxygens (including phenoxy) is 7. The van der Waals surface area contributed by atoms with Gasteiger partial charge in [0.2, 0.25) is 11.8 Å². The molecule has 8 amide bonds. The van der Waals surface area contributed by atoms with Gasteiger partial charge in [-0.15, -0.1) is 11.6 Å². The summed E-state index contributed by atoms with van der Waals surface area (Å²) in [5, 5.41) is 17.9. The number of hydrogen-bond acceptors (Lipinski definition) is 18. The van der Waals surface area contributed by atoms with Crippen molar-refractivity contribution in [1.82, 2.24) is 35.3 Å². The molecule has 3 atom stereocenters. The fourth-order valence-electron chi connectivity index (χ4n) is 8.82. The number of halogens is 1. The Kier molecular flexibility index (Phi) is 22.2. The topological polar surface area (TPSA) is 312 Å². The van der Waals surface area contributed by atoms with E-state index in [2.05, 4.69) is 25.9 Å². The highest BCUT2D eigenvalue weighted by Crippen LogP contribution is 2.46. The minimum atomic E-state index is -1.05. The number of carbonyl (C=O) groups is 8. The zero-order valence-electron chi connectivity index (χ0n) is 46.9. The van der Waals surface area contributed by atoms with Crippen molar-refractivity contribution in [1.29, 1.82) is 0 Å². The van der Waals surface area contributed by atoms with Crippen LogP contribution in [0.5, 0.6) is 11.5 Å². The van der Waals surface area contributed by atoms with Crippen molar-refractivity contribution in [2.75, 3.05) is 116 Å². The second-order valence-electron chi connectivity index (χ2n) is 19.6. The van der Waals surface area contributed by atoms with E-state index in [9.17, 15) is 43.5 Å². The van der Waals surface area contributed by atoms with Gasteiger partial charge in [-0.25, -0.2) is 19.4 Å². The first-order chi connectivity index (χ1) is 39.9. The normalized spacial score (nSPS) is 14.4. The number of nitrogens with zero attached hydrogens (tertiary/aromatic N) is 5. The number of H-pyrrole nitrogens is 1. The lowest BCUT2D eigenvalue weighted by atomic mass is 10.0. The van der Waals surface area contributed by atoms with E-state index in [0.29, 0.717) is 52.7 Å². The third-order valence-corrected chi connectivity index (χ3v) is 13.6. The van der Waals surface area contributed by atoms with Crippen molar-refractivity contribution in [3.63, 3.8) is 0 Å². The van der Waals surface area contributed by atoms with Gasteiger partial charge < -0.3 is 78.3 Å². The number of aromatic amines is 1. The fraction of sp³-hybridized carbons (Fsp3) is 0.446. The number of alkyl halides is 1. The third kappa shape index (κ3) is 16.5. The zero-order valence-corrected chi connectivity index (χ0v) is 47.6. The number of aliphatic hydroxyl groups is 1. The Morgan fingerprint density at radius 2 is 1.60 bits per heavy atom. The van der Waals surface area contributed by atoms with Crippen LogP contribution in [-0.2, 0) is 49.5 Å². The summed E-state index contributed by atoms with van der Waals surface area (Å²) in [5.41, 5.74) is 3.64. The van der Waals surface area contributed by atoms with Crippen LogP contribution in [-0.4, -0.2) is 195 Å². The van der Waals surface area contributed by atoms with Gasteiger partial charge >= 0.3 is 18.3 Å². The van der Waals surface area contributed by atoms with E-state index in [1.165, 1.54) is 35.9 Å². The van der Waals surface area contributed by atoms with Crippen LogP contribution < -0.4 is 30.3 Å². The summed E-state index contributed by atoms with van der Waals surface area (Å²) in [6.07, 6.45) is -0.100. The number of likely N-dealkylation sites (N-methyl/N-ethyl adjacent to an activating group) is 1. The lowest BCUT2D eigenvalue weighted by molar-refractivity contribution is -0.137. The van der Waals surface area contributed by atoms with Crippen LogP contribution in [0.1, 0.15) is 54.2 Å². The number of imide groups is 1. The highest BCUT2D eigenvalue weighted by molar-refractivity contribution is 6.19. The van der Waals surface area contributed by atoms with Gasteiger partial charge in [-0.05, 0) is 54.8 Å². The zero-order chi connectivity index (χ0) is 59.7. The first kappa shape index (κ1) is 62.3. The second kappa shape index (κ2) is 29.6. The van der Waals surface area contributed by atoms with Crippen molar-refractivity contribution in [2.24, 2.45) is 5.92 Å². The molecule has 4 heterocycles. The lowest BCUT2D eigenvalue weighted by Crippen LogP contribution is -2.53.